The third-order valence-corrected chi connectivity index (χ3v) is 4.69. The molecule has 0 aliphatic carbocycles. The van der Waals surface area contributed by atoms with Crippen LogP contribution >= 0.6 is 11.6 Å². The van der Waals surface area contributed by atoms with Gasteiger partial charge in [-0.15, -0.1) is 0 Å². The summed E-state index contributed by atoms with van der Waals surface area (Å²) in [5, 5.41) is 0.807. The van der Waals surface area contributed by atoms with E-state index in [2.05, 4.69) is 34.1 Å². The lowest BCUT2D eigenvalue weighted by molar-refractivity contribution is 0.261. The second-order valence-electron chi connectivity index (χ2n) is 5.90. The normalized spacial score (nSPS) is 15.7. The molecule has 0 atom stereocenters. The van der Waals surface area contributed by atoms with Crippen molar-refractivity contribution in [2.24, 2.45) is 0 Å². The van der Waals surface area contributed by atoms with Crippen molar-refractivity contribution in [2.75, 3.05) is 44.7 Å². The lowest BCUT2D eigenvalue weighted by Crippen LogP contribution is -2.46. The van der Waals surface area contributed by atoms with Crippen molar-refractivity contribution in [3.63, 3.8) is 0 Å². The van der Waals surface area contributed by atoms with Crippen LogP contribution in [0.3, 0.4) is 0 Å². The summed E-state index contributed by atoms with van der Waals surface area (Å²) < 4.78 is 5.22. The number of methoxy groups -OCH3 is 1. The highest BCUT2D eigenvalue weighted by Gasteiger charge is 2.16. The van der Waals surface area contributed by atoms with Crippen LogP contribution in [0, 0.1) is 0 Å². The van der Waals surface area contributed by atoms with Gasteiger partial charge >= 0.3 is 0 Å². The highest BCUT2D eigenvalue weighted by molar-refractivity contribution is 6.30. The zero-order valence-electron chi connectivity index (χ0n) is 13.5. The summed E-state index contributed by atoms with van der Waals surface area (Å²) in [7, 11) is 1.70. The summed E-state index contributed by atoms with van der Waals surface area (Å²) in [6.45, 7) is 5.48. The average molecular weight is 331 g/mol. The molecule has 1 fully saturated rings. The van der Waals surface area contributed by atoms with Gasteiger partial charge in [-0.05, 0) is 48.4 Å². The largest absolute Gasteiger partial charge is 0.497 e. The highest BCUT2D eigenvalue weighted by atomic mass is 35.5. The minimum Gasteiger partial charge on any atom is -0.497 e. The fourth-order valence-corrected chi connectivity index (χ4v) is 3.09. The number of piperazine rings is 1. The molecule has 0 spiro atoms. The van der Waals surface area contributed by atoms with Crippen molar-refractivity contribution in [1.29, 1.82) is 0 Å². The maximum atomic E-state index is 5.93. The third kappa shape index (κ3) is 4.40. The van der Waals surface area contributed by atoms with E-state index in [0.717, 1.165) is 49.9 Å². The van der Waals surface area contributed by atoms with Crippen molar-refractivity contribution in [3.8, 4) is 5.75 Å². The van der Waals surface area contributed by atoms with Gasteiger partial charge in [-0.2, -0.15) is 0 Å². The van der Waals surface area contributed by atoms with Gasteiger partial charge in [0.15, 0.2) is 0 Å². The molecule has 122 valence electrons. The van der Waals surface area contributed by atoms with E-state index in [0.29, 0.717) is 0 Å². The zero-order chi connectivity index (χ0) is 16.1. The molecular formula is C19H23ClN2O. The Morgan fingerprint density at radius 2 is 1.57 bits per heavy atom. The maximum Gasteiger partial charge on any atom is 0.119 e. The predicted molar refractivity (Wildman–Crippen MR) is 96.8 cm³/mol. The van der Waals surface area contributed by atoms with Crippen molar-refractivity contribution in [2.45, 2.75) is 6.42 Å². The molecule has 2 aromatic rings. The Hall–Kier alpha value is -1.71. The van der Waals surface area contributed by atoms with Crippen LogP contribution in [0.2, 0.25) is 5.02 Å². The van der Waals surface area contributed by atoms with E-state index in [1.54, 1.807) is 7.11 Å². The first-order valence-corrected chi connectivity index (χ1v) is 8.48. The number of hydrogen-bond donors (Lipinski definition) is 0. The SMILES string of the molecule is COc1ccc(N2CCN(CCc3ccc(Cl)cc3)CC2)cc1. The van der Waals surface area contributed by atoms with Crippen LogP contribution in [0.4, 0.5) is 5.69 Å². The van der Waals surface area contributed by atoms with E-state index < -0.39 is 0 Å². The topological polar surface area (TPSA) is 15.7 Å². The molecule has 0 radical (unpaired) electrons. The predicted octanol–water partition coefficient (Wildman–Crippen LogP) is 3.71. The molecule has 23 heavy (non-hydrogen) atoms. The first-order valence-electron chi connectivity index (χ1n) is 8.10. The van der Waals surface area contributed by atoms with E-state index in [1.807, 2.05) is 24.3 Å². The van der Waals surface area contributed by atoms with Crippen LogP contribution in [0.25, 0.3) is 0 Å². The van der Waals surface area contributed by atoms with Crippen molar-refractivity contribution < 1.29 is 4.74 Å². The Labute approximate surface area is 143 Å². The van der Waals surface area contributed by atoms with Crippen LogP contribution < -0.4 is 9.64 Å². The molecule has 0 amide bonds. The van der Waals surface area contributed by atoms with Gasteiger partial charge in [0.05, 0.1) is 7.11 Å². The Balaban J connectivity index is 1.47. The van der Waals surface area contributed by atoms with Gasteiger partial charge in [0.2, 0.25) is 0 Å². The quantitative estimate of drug-likeness (QED) is 0.831. The van der Waals surface area contributed by atoms with Crippen LogP contribution in [0.15, 0.2) is 48.5 Å². The second kappa shape index (κ2) is 7.71. The smallest absolute Gasteiger partial charge is 0.119 e. The van der Waals surface area contributed by atoms with Crippen LogP contribution in [-0.2, 0) is 6.42 Å². The first kappa shape index (κ1) is 16.2. The minimum atomic E-state index is 0.807. The summed E-state index contributed by atoms with van der Waals surface area (Å²) in [5.74, 6) is 0.912. The van der Waals surface area contributed by atoms with E-state index in [-0.39, 0.29) is 0 Å². The standard InChI is InChI=1S/C19H23ClN2O/c1-23-19-8-6-18(7-9-19)22-14-12-21(13-15-22)11-10-16-2-4-17(20)5-3-16/h2-9H,10-15H2,1H3. The molecule has 1 saturated heterocycles. The summed E-state index contributed by atoms with van der Waals surface area (Å²) in [4.78, 5) is 4.98. The molecule has 4 heteroatoms. The van der Waals surface area contributed by atoms with Crippen molar-refractivity contribution in [1.82, 2.24) is 4.90 Å². The summed E-state index contributed by atoms with van der Waals surface area (Å²) in [6, 6.07) is 16.5. The molecule has 0 bridgehead atoms. The number of anilines is 1. The molecule has 0 N–H and O–H groups in total. The van der Waals surface area contributed by atoms with Gasteiger partial charge in [-0.1, -0.05) is 23.7 Å². The Morgan fingerprint density at radius 1 is 0.913 bits per heavy atom. The number of halogens is 1. The molecule has 0 saturated carbocycles. The summed E-state index contributed by atoms with van der Waals surface area (Å²) >= 11 is 5.93. The molecule has 3 nitrogen and oxygen atoms in total. The summed E-state index contributed by atoms with van der Waals surface area (Å²) in [5.41, 5.74) is 2.63. The molecule has 2 aromatic carbocycles. The number of rotatable bonds is 5. The second-order valence-corrected chi connectivity index (χ2v) is 6.34. The fourth-order valence-electron chi connectivity index (χ4n) is 2.96. The first-order chi connectivity index (χ1) is 11.2. The molecule has 1 aliphatic heterocycles. The monoisotopic (exact) mass is 330 g/mol. The van der Waals surface area contributed by atoms with Crippen LogP contribution in [0.1, 0.15) is 5.56 Å². The van der Waals surface area contributed by atoms with Gasteiger partial charge in [0.1, 0.15) is 5.75 Å². The summed E-state index contributed by atoms with van der Waals surface area (Å²) in [6.07, 6.45) is 1.08. The van der Waals surface area contributed by atoms with E-state index in [4.69, 9.17) is 16.3 Å². The number of nitrogens with zero attached hydrogens (tertiary/aromatic N) is 2. The number of ether oxygens (including phenoxy) is 1. The van der Waals surface area contributed by atoms with E-state index >= 15 is 0 Å². The maximum absolute atomic E-state index is 5.93. The average Bonchev–Trinajstić information content (AvgIpc) is 2.62. The number of benzene rings is 2. The van der Waals surface area contributed by atoms with Gasteiger partial charge in [-0.3, -0.25) is 4.90 Å². The fraction of sp³-hybridized carbons (Fsp3) is 0.368. The van der Waals surface area contributed by atoms with Gasteiger partial charge in [0.25, 0.3) is 0 Å². The Bertz CT molecular complexity index is 604. The molecule has 1 heterocycles. The lowest BCUT2D eigenvalue weighted by atomic mass is 10.1. The van der Waals surface area contributed by atoms with E-state index in [9.17, 15) is 0 Å². The Kier molecular flexibility index (Phi) is 5.42. The molecular weight excluding hydrogens is 308 g/mol. The molecule has 0 unspecified atom stereocenters. The zero-order valence-corrected chi connectivity index (χ0v) is 14.3. The Morgan fingerprint density at radius 3 is 2.17 bits per heavy atom. The van der Waals surface area contributed by atoms with Gasteiger partial charge in [-0.25, -0.2) is 0 Å². The molecule has 0 aromatic heterocycles. The minimum absolute atomic E-state index is 0.807. The van der Waals surface area contributed by atoms with Gasteiger partial charge in [0, 0.05) is 43.4 Å². The van der Waals surface area contributed by atoms with Crippen molar-refractivity contribution >= 4 is 17.3 Å². The highest BCUT2D eigenvalue weighted by Crippen LogP contribution is 2.20. The molecule has 1 aliphatic rings. The lowest BCUT2D eigenvalue weighted by Gasteiger charge is -2.36. The third-order valence-electron chi connectivity index (χ3n) is 4.44. The number of hydrogen-bond acceptors (Lipinski definition) is 3. The van der Waals surface area contributed by atoms with E-state index in [1.165, 1.54) is 11.3 Å². The van der Waals surface area contributed by atoms with Crippen LogP contribution in [-0.4, -0.2) is 44.7 Å². The van der Waals surface area contributed by atoms with Crippen LogP contribution in [0.5, 0.6) is 5.75 Å². The van der Waals surface area contributed by atoms with Gasteiger partial charge < -0.3 is 9.64 Å². The molecule has 3 rings (SSSR count). The van der Waals surface area contributed by atoms with Crippen molar-refractivity contribution in [3.05, 3.63) is 59.1 Å².